The molecule has 51 heavy (non-hydrogen) atoms. The number of fused-ring (bicyclic) bond motifs is 3. The molecule has 1 fully saturated rings. The number of esters is 1. The molecule has 2 heterocycles. The number of hydrogen-bond acceptors (Lipinski definition) is 10. The first kappa shape index (κ1) is 36.3. The van der Waals surface area contributed by atoms with E-state index in [1.807, 2.05) is 26.1 Å². The lowest BCUT2D eigenvalue weighted by atomic mass is 9.72. The number of ether oxygens (including phenoxy) is 2. The maximum atomic E-state index is 14.2. The van der Waals surface area contributed by atoms with E-state index in [0.717, 1.165) is 42.8 Å². The Labute approximate surface area is 300 Å². The van der Waals surface area contributed by atoms with Gasteiger partial charge in [0.2, 0.25) is 5.78 Å². The number of guanidine groups is 1. The number of ketones is 2. The number of dihydropyridines is 1. The second kappa shape index (κ2) is 15.4. The Bertz CT molecular complexity index is 1730. The fourth-order valence-corrected chi connectivity index (χ4v) is 7.89. The number of carbonyl (C=O) groups excluding carboxylic acids is 3. The number of allylic oxidation sites excluding steroid dienone is 3. The summed E-state index contributed by atoms with van der Waals surface area (Å²) in [6.45, 7) is 6.12. The van der Waals surface area contributed by atoms with Crippen LogP contribution in [0.4, 0.5) is 0 Å². The number of nitrogens with one attached hydrogen (secondary N) is 5. The average molecular weight is 698 g/mol. The summed E-state index contributed by atoms with van der Waals surface area (Å²) in [6, 6.07) is 6.41. The van der Waals surface area contributed by atoms with Gasteiger partial charge in [0.05, 0.1) is 19.3 Å². The summed E-state index contributed by atoms with van der Waals surface area (Å²) in [5.74, 6) is -0.111. The normalized spacial score (nSPS) is 28.9. The fourth-order valence-electron chi connectivity index (χ4n) is 7.89. The van der Waals surface area contributed by atoms with Crippen LogP contribution in [-0.4, -0.2) is 87.2 Å². The van der Waals surface area contributed by atoms with E-state index in [2.05, 4.69) is 62.8 Å². The fraction of sp³-hybridized carbons (Fsp3) is 0.487. The summed E-state index contributed by atoms with van der Waals surface area (Å²) in [5.41, 5.74) is 6.10. The molecule has 7 N–H and O–H groups in total. The zero-order valence-corrected chi connectivity index (χ0v) is 30.0. The van der Waals surface area contributed by atoms with Crippen molar-refractivity contribution in [3.8, 4) is 0 Å². The van der Waals surface area contributed by atoms with Crippen molar-refractivity contribution >= 4 is 23.5 Å². The Morgan fingerprint density at radius 3 is 2.76 bits per heavy atom. The molecule has 6 rings (SSSR count). The Balaban J connectivity index is 1.23. The second-order valence-electron chi connectivity index (χ2n) is 13.9. The summed E-state index contributed by atoms with van der Waals surface area (Å²) in [4.78, 5) is 46.6. The molecule has 272 valence electrons. The van der Waals surface area contributed by atoms with Crippen molar-refractivity contribution in [2.45, 2.75) is 69.2 Å². The summed E-state index contributed by atoms with van der Waals surface area (Å²) in [6.07, 6.45) is 16.2. The number of nitrogens with two attached hydrogens (primary N) is 1. The molecule has 12 nitrogen and oxygen atoms in total. The second-order valence-corrected chi connectivity index (χ2v) is 13.9. The zero-order chi connectivity index (χ0) is 36.2. The van der Waals surface area contributed by atoms with E-state index in [1.165, 1.54) is 5.57 Å². The number of benzene rings is 1. The number of likely N-dealkylation sites (N-methyl/N-ethyl adjacent to an activating group) is 1. The molecule has 5 aliphatic rings. The van der Waals surface area contributed by atoms with Crippen molar-refractivity contribution in [2.75, 3.05) is 40.5 Å². The van der Waals surface area contributed by atoms with E-state index in [4.69, 9.17) is 15.2 Å². The van der Waals surface area contributed by atoms with Crippen LogP contribution in [0.5, 0.6) is 0 Å². The maximum absolute atomic E-state index is 14.2. The number of nitrogens with zero attached hydrogens (tertiary/aromatic N) is 1. The Morgan fingerprint density at radius 2 is 2.02 bits per heavy atom. The van der Waals surface area contributed by atoms with Gasteiger partial charge in [-0.1, -0.05) is 67.1 Å². The van der Waals surface area contributed by atoms with E-state index in [1.54, 1.807) is 31.3 Å². The molecule has 12 heteroatoms. The van der Waals surface area contributed by atoms with Crippen LogP contribution in [0.15, 0.2) is 88.3 Å². The molecule has 0 amide bonds. The lowest BCUT2D eigenvalue weighted by Gasteiger charge is -2.36. The van der Waals surface area contributed by atoms with Crippen molar-refractivity contribution in [1.82, 2.24) is 26.6 Å². The first-order chi connectivity index (χ1) is 24.7. The standard InChI is InChI=1S/C39H51N7O5/c1-5-43-31-20-26-11-7-6-10-25(26)19-28(31)22-50-36(49)39-35(48)30-13-9-8-12-29(30)34(47)38(39,51-39)16-14-24(2)18-32(46-37(40)42-4)27-15-17-44-33(21-27)45-23-41-3/h7-9,11-15,20-21,25,28,31-32,41,43-45H,5-6,10,16-19,22-23H2,1-4H3,(H3,40,42,46)/b24-14+/t25-,28-,31+,32+,38-,39-/m0/s1. The van der Waals surface area contributed by atoms with Gasteiger partial charge in [-0.25, -0.2) is 4.79 Å². The molecule has 1 saturated heterocycles. The number of Topliss-reactive ketones (excluding diaryl/α,β-unsaturated/α-hetero) is 2. The Kier molecular flexibility index (Phi) is 10.9. The molecule has 0 spiro atoms. The van der Waals surface area contributed by atoms with Crippen molar-refractivity contribution in [1.29, 1.82) is 0 Å². The van der Waals surface area contributed by atoms with E-state index >= 15 is 0 Å². The lowest BCUT2D eigenvalue weighted by molar-refractivity contribution is -0.150. The van der Waals surface area contributed by atoms with Gasteiger partial charge in [0, 0.05) is 43.1 Å². The van der Waals surface area contributed by atoms with Gasteiger partial charge in [-0.05, 0) is 69.3 Å². The highest BCUT2D eigenvalue weighted by atomic mass is 16.7. The summed E-state index contributed by atoms with van der Waals surface area (Å²) >= 11 is 0. The summed E-state index contributed by atoms with van der Waals surface area (Å²) in [5, 5.41) is 16.5. The smallest absolute Gasteiger partial charge is 0.350 e. The predicted octanol–water partition coefficient (Wildman–Crippen LogP) is 2.77. The van der Waals surface area contributed by atoms with Crippen LogP contribution >= 0.6 is 0 Å². The highest BCUT2D eigenvalue weighted by molar-refractivity contribution is 6.32. The van der Waals surface area contributed by atoms with Crippen molar-refractivity contribution in [3.63, 3.8) is 0 Å². The quantitative estimate of drug-likeness (QED) is 0.0321. The number of hydrogen-bond donors (Lipinski definition) is 6. The van der Waals surface area contributed by atoms with Crippen LogP contribution in [-0.2, 0) is 14.3 Å². The highest BCUT2D eigenvalue weighted by Crippen LogP contribution is 2.58. The van der Waals surface area contributed by atoms with E-state index in [-0.39, 0.29) is 47.9 Å². The largest absolute Gasteiger partial charge is 0.463 e. The number of rotatable bonds is 14. The first-order valence-corrected chi connectivity index (χ1v) is 18.0. The molecule has 0 bridgehead atoms. The van der Waals surface area contributed by atoms with Gasteiger partial charge in [-0.15, -0.1) is 0 Å². The van der Waals surface area contributed by atoms with E-state index in [9.17, 15) is 14.4 Å². The molecule has 3 aliphatic carbocycles. The monoisotopic (exact) mass is 697 g/mol. The third-order valence-electron chi connectivity index (χ3n) is 10.7. The van der Waals surface area contributed by atoms with Gasteiger partial charge in [0.25, 0.3) is 5.60 Å². The van der Waals surface area contributed by atoms with Crippen LogP contribution in [0.1, 0.15) is 66.7 Å². The zero-order valence-electron chi connectivity index (χ0n) is 30.0. The Morgan fingerprint density at radius 1 is 1.24 bits per heavy atom. The van der Waals surface area contributed by atoms with E-state index < -0.39 is 23.0 Å². The number of carbonyl (C=O) groups is 3. The van der Waals surface area contributed by atoms with Crippen LogP contribution in [0.3, 0.4) is 0 Å². The third-order valence-corrected chi connectivity index (χ3v) is 10.7. The minimum Gasteiger partial charge on any atom is -0.463 e. The molecule has 0 aromatic heterocycles. The van der Waals surface area contributed by atoms with Gasteiger partial charge in [0.1, 0.15) is 5.82 Å². The summed E-state index contributed by atoms with van der Waals surface area (Å²) in [7, 11) is 3.49. The van der Waals surface area contributed by atoms with Gasteiger partial charge in [-0.2, -0.15) is 0 Å². The first-order valence-electron chi connectivity index (χ1n) is 18.0. The van der Waals surface area contributed by atoms with Gasteiger partial charge < -0.3 is 41.8 Å². The number of aliphatic imine (C=N–C) groups is 1. The predicted molar refractivity (Wildman–Crippen MR) is 197 cm³/mol. The van der Waals surface area contributed by atoms with Crippen molar-refractivity contribution < 1.29 is 23.9 Å². The van der Waals surface area contributed by atoms with Gasteiger partial charge >= 0.3 is 5.97 Å². The van der Waals surface area contributed by atoms with Crippen LogP contribution in [0, 0.1) is 11.8 Å². The molecule has 0 unspecified atom stereocenters. The molecule has 6 atom stereocenters. The SMILES string of the molecule is CCN[C@@H]1C=C2C=CCC[C@H]2C[C@H]1COC(=O)[C@]12O[C@@]1(C/C=C(\C)C[C@@H](NC(N)=NC)C1=CCNC(NCNC)=C1)C(=O)c1ccccc1C2=O. The molecule has 0 radical (unpaired) electrons. The molecular weight excluding hydrogens is 646 g/mol. The highest BCUT2D eigenvalue weighted by Gasteiger charge is 2.85. The molecule has 2 aliphatic heterocycles. The molecule has 1 aromatic carbocycles. The van der Waals surface area contributed by atoms with Gasteiger partial charge in [0.15, 0.2) is 17.3 Å². The van der Waals surface area contributed by atoms with Crippen LogP contribution in [0.2, 0.25) is 0 Å². The Hall–Kier alpha value is -4.52. The van der Waals surface area contributed by atoms with Gasteiger partial charge in [-0.3, -0.25) is 14.6 Å². The number of epoxide rings is 1. The maximum Gasteiger partial charge on any atom is 0.350 e. The average Bonchev–Trinajstić information content (AvgIpc) is 3.86. The van der Waals surface area contributed by atoms with Crippen molar-refractivity contribution in [3.05, 3.63) is 94.4 Å². The van der Waals surface area contributed by atoms with Crippen LogP contribution < -0.4 is 32.3 Å². The summed E-state index contributed by atoms with van der Waals surface area (Å²) < 4.78 is 12.2. The molecule has 0 saturated carbocycles. The topological polar surface area (TPSA) is 171 Å². The lowest BCUT2D eigenvalue weighted by Crippen LogP contribution is -2.51. The third kappa shape index (κ3) is 7.04. The van der Waals surface area contributed by atoms with Crippen LogP contribution in [0.25, 0.3) is 0 Å². The molecule has 1 aromatic rings. The minimum atomic E-state index is -2.03. The minimum absolute atomic E-state index is 0.0262. The van der Waals surface area contributed by atoms with E-state index in [0.29, 0.717) is 31.5 Å². The van der Waals surface area contributed by atoms with Crippen molar-refractivity contribution in [2.24, 2.45) is 22.6 Å². The molecular formula is C39H51N7O5.